The molecule has 0 saturated carbocycles. The number of hydrogen-bond acceptors (Lipinski definition) is 18. The highest BCUT2D eigenvalue weighted by molar-refractivity contribution is 8.45. The lowest BCUT2D eigenvalue weighted by molar-refractivity contribution is -0.00902. The lowest BCUT2D eigenvalue weighted by atomic mass is 10.7. The predicted molar refractivity (Wildman–Crippen MR) is 209 cm³/mol. The minimum absolute atomic E-state index is 0.564. The molecule has 4 rings (SSSR count). The monoisotopic (exact) mass is 824 g/mol. The van der Waals surface area contributed by atoms with Gasteiger partial charge in [0.15, 0.2) is 0 Å². The molecule has 0 N–H and O–H groups in total. The molecule has 4 aliphatic rings. The van der Waals surface area contributed by atoms with E-state index in [1.807, 2.05) is 94.1 Å². The van der Waals surface area contributed by atoms with Crippen LogP contribution in [0.1, 0.15) is 0 Å². The molecule has 0 bridgehead atoms. The van der Waals surface area contributed by atoms with Crippen molar-refractivity contribution in [2.45, 2.75) is 0 Å². The summed E-state index contributed by atoms with van der Waals surface area (Å²) in [6.45, 7) is 11.9. The smallest absolute Gasteiger partial charge is 0.0717 e. The van der Waals surface area contributed by atoms with Gasteiger partial charge >= 0.3 is 0 Å². The Hall–Kier alpha value is 1.62. The summed E-state index contributed by atoms with van der Waals surface area (Å²) in [6, 6.07) is 0. The second-order valence-electron chi connectivity index (χ2n) is 9.65. The molecule has 10 nitrogen and oxygen atoms in total. The Morgan fingerprint density at radius 1 is 0.208 bits per heavy atom. The molecule has 4 heterocycles. The van der Waals surface area contributed by atoms with Gasteiger partial charge < -0.3 is 47.4 Å². The summed E-state index contributed by atoms with van der Waals surface area (Å²) in [5.74, 6) is 3.60. The standard InChI is InChI=1S/C30H48O10S8/c1-5-33-9-13-37-17-21-41-25-26(42-22-18-38-14-10-34-6-2-31-1)46-29(45-25)30-47-27-28(48-30)44-24-20-40-16-12-36-8-4-32-3-7-35-11-15-39-19-23-43-27/h1-24H2. The Morgan fingerprint density at radius 3 is 0.562 bits per heavy atom. The van der Waals surface area contributed by atoms with Crippen LogP contribution in [0, 0.1) is 0 Å². The molecule has 0 saturated heterocycles. The Morgan fingerprint density at radius 2 is 0.375 bits per heavy atom. The molecule has 0 radical (unpaired) electrons. The third-order valence-electron chi connectivity index (χ3n) is 6.06. The summed E-state index contributed by atoms with van der Waals surface area (Å²) >= 11 is 15.1. The number of thioether (sulfide) groups is 8. The van der Waals surface area contributed by atoms with Crippen molar-refractivity contribution in [2.75, 3.05) is 155 Å². The highest BCUT2D eigenvalue weighted by Gasteiger charge is 2.31. The topological polar surface area (TPSA) is 92.3 Å². The van der Waals surface area contributed by atoms with Crippen LogP contribution >= 0.6 is 94.1 Å². The van der Waals surface area contributed by atoms with Gasteiger partial charge in [-0.25, -0.2) is 0 Å². The predicted octanol–water partition coefficient (Wildman–Crippen LogP) is 6.45. The van der Waals surface area contributed by atoms with E-state index in [0.29, 0.717) is 132 Å². The minimum Gasteiger partial charge on any atom is -0.378 e. The number of hydrogen-bond donors (Lipinski definition) is 0. The second-order valence-corrected chi connectivity index (χ2v) is 19.7. The van der Waals surface area contributed by atoms with Crippen LogP contribution in [-0.2, 0) is 47.4 Å². The van der Waals surface area contributed by atoms with Gasteiger partial charge in [-0.2, -0.15) is 0 Å². The summed E-state index contributed by atoms with van der Waals surface area (Å²) in [4.78, 5) is 0. The average Bonchev–Trinajstić information content (AvgIpc) is 3.69. The molecule has 0 spiro atoms. The van der Waals surface area contributed by atoms with E-state index in [9.17, 15) is 0 Å². The maximum atomic E-state index is 5.85. The molecule has 276 valence electrons. The summed E-state index contributed by atoms with van der Waals surface area (Å²) < 4.78 is 65.0. The van der Waals surface area contributed by atoms with Crippen molar-refractivity contribution in [3.8, 4) is 0 Å². The van der Waals surface area contributed by atoms with Gasteiger partial charge in [0.2, 0.25) is 0 Å². The maximum Gasteiger partial charge on any atom is 0.0717 e. The Labute approximate surface area is 319 Å². The first kappa shape index (κ1) is 42.4. The molecule has 0 amide bonds. The van der Waals surface area contributed by atoms with E-state index >= 15 is 0 Å². The first-order valence-electron chi connectivity index (χ1n) is 16.1. The van der Waals surface area contributed by atoms with E-state index in [-0.39, 0.29) is 0 Å². The quantitative estimate of drug-likeness (QED) is 0.268. The van der Waals surface area contributed by atoms with Crippen LogP contribution in [0.15, 0.2) is 25.4 Å². The molecule has 48 heavy (non-hydrogen) atoms. The summed E-state index contributed by atoms with van der Waals surface area (Å²) in [5.41, 5.74) is 0. The van der Waals surface area contributed by atoms with E-state index in [2.05, 4.69) is 0 Å². The van der Waals surface area contributed by atoms with Crippen molar-refractivity contribution in [3.63, 3.8) is 0 Å². The zero-order chi connectivity index (χ0) is 33.2. The summed E-state index contributed by atoms with van der Waals surface area (Å²) in [5, 5.41) is 0. The lowest BCUT2D eigenvalue weighted by Gasteiger charge is -2.08. The SMILES string of the molecule is C1COCCOCCSC2=C(SCCOCCOCCO1)SC(=C1SC3=C(SCCOCCOCCOCCOCCOCCS3)S1)S2. The van der Waals surface area contributed by atoms with E-state index in [1.54, 1.807) is 0 Å². The molecule has 0 aliphatic carbocycles. The fourth-order valence-electron chi connectivity index (χ4n) is 3.80. The minimum atomic E-state index is 0.564. The molecule has 0 fully saturated rings. The van der Waals surface area contributed by atoms with Crippen LogP contribution in [0.5, 0.6) is 0 Å². The van der Waals surface area contributed by atoms with Gasteiger partial charge in [0.05, 0.1) is 158 Å². The molecule has 18 heteroatoms. The number of rotatable bonds is 0. The van der Waals surface area contributed by atoms with Gasteiger partial charge in [-0.1, -0.05) is 47.0 Å². The molecule has 0 aromatic rings. The lowest BCUT2D eigenvalue weighted by Crippen LogP contribution is -2.13. The van der Waals surface area contributed by atoms with Crippen LogP contribution in [0.4, 0.5) is 0 Å². The van der Waals surface area contributed by atoms with E-state index < -0.39 is 0 Å². The van der Waals surface area contributed by atoms with Crippen LogP contribution in [0.3, 0.4) is 0 Å². The Balaban J connectivity index is 1.30. The zero-order valence-corrected chi connectivity index (χ0v) is 33.9. The third-order valence-corrected chi connectivity index (χ3v) is 17.5. The maximum absolute atomic E-state index is 5.85. The fourth-order valence-corrected chi connectivity index (χ4v) is 15.5. The van der Waals surface area contributed by atoms with Crippen LogP contribution in [0.2, 0.25) is 0 Å². The van der Waals surface area contributed by atoms with Crippen molar-refractivity contribution in [3.05, 3.63) is 25.4 Å². The van der Waals surface area contributed by atoms with Gasteiger partial charge in [0.25, 0.3) is 0 Å². The Bertz CT molecular complexity index is 832. The molecule has 4 aliphatic heterocycles. The number of ether oxygens (including phenoxy) is 10. The Kier molecular flexibility index (Phi) is 25.6. The summed E-state index contributed by atoms with van der Waals surface area (Å²) in [7, 11) is 0. The highest BCUT2D eigenvalue weighted by atomic mass is 32.3. The molecular formula is C30H48O10S8. The molecule has 0 aromatic carbocycles. The first-order valence-corrected chi connectivity index (χ1v) is 23.3. The van der Waals surface area contributed by atoms with E-state index in [0.717, 1.165) is 23.0 Å². The van der Waals surface area contributed by atoms with E-state index in [4.69, 9.17) is 47.4 Å². The normalized spacial score (nSPS) is 25.5. The average molecular weight is 825 g/mol. The van der Waals surface area contributed by atoms with Crippen LogP contribution in [-0.4, -0.2) is 155 Å². The third kappa shape index (κ3) is 19.1. The highest BCUT2D eigenvalue weighted by Crippen LogP contribution is 2.66. The van der Waals surface area contributed by atoms with Crippen molar-refractivity contribution in [1.29, 1.82) is 0 Å². The van der Waals surface area contributed by atoms with Gasteiger partial charge in [-0.05, 0) is 0 Å². The van der Waals surface area contributed by atoms with Gasteiger partial charge in [-0.15, -0.1) is 47.0 Å². The second kappa shape index (κ2) is 29.0. The molecular weight excluding hydrogens is 777 g/mol. The van der Waals surface area contributed by atoms with Gasteiger partial charge in [0.1, 0.15) is 0 Å². The summed E-state index contributed by atoms with van der Waals surface area (Å²) in [6.07, 6.45) is 0. The largest absolute Gasteiger partial charge is 0.378 e. The van der Waals surface area contributed by atoms with Crippen molar-refractivity contribution in [1.82, 2.24) is 0 Å². The fraction of sp³-hybridized carbons (Fsp3) is 0.800. The van der Waals surface area contributed by atoms with Gasteiger partial charge in [-0.3, -0.25) is 0 Å². The molecule has 0 atom stereocenters. The molecule has 0 unspecified atom stereocenters. The zero-order valence-electron chi connectivity index (χ0n) is 27.3. The first-order chi connectivity index (χ1) is 23.9. The van der Waals surface area contributed by atoms with Crippen molar-refractivity contribution in [2.24, 2.45) is 0 Å². The van der Waals surface area contributed by atoms with Crippen LogP contribution in [0.25, 0.3) is 0 Å². The van der Waals surface area contributed by atoms with E-state index in [1.165, 1.54) is 25.4 Å². The molecule has 0 aromatic heterocycles. The van der Waals surface area contributed by atoms with Crippen LogP contribution < -0.4 is 0 Å². The van der Waals surface area contributed by atoms with Crippen molar-refractivity contribution < 1.29 is 47.4 Å². The van der Waals surface area contributed by atoms with Crippen molar-refractivity contribution >= 4 is 94.1 Å². The van der Waals surface area contributed by atoms with Gasteiger partial charge in [0, 0.05) is 23.0 Å².